The number of hydrogen-bond acceptors (Lipinski definition) is 5. The van der Waals surface area contributed by atoms with Gasteiger partial charge in [0.25, 0.3) is 0 Å². The molecule has 1 aromatic carbocycles. The molecule has 0 spiro atoms. The fourth-order valence-corrected chi connectivity index (χ4v) is 2.28. The minimum Gasteiger partial charge on any atom is -0.491 e. The van der Waals surface area contributed by atoms with Gasteiger partial charge in [-0.25, -0.2) is 0 Å². The Labute approximate surface area is 110 Å². The lowest BCUT2D eigenvalue weighted by atomic mass is 10.1. The fraction of sp³-hybridized carbons (Fsp3) is 0.308. The van der Waals surface area contributed by atoms with Crippen molar-refractivity contribution in [2.75, 3.05) is 20.3 Å². The van der Waals surface area contributed by atoms with E-state index in [1.807, 2.05) is 24.3 Å². The van der Waals surface area contributed by atoms with Crippen LogP contribution in [0.15, 0.2) is 36.0 Å². The highest BCUT2D eigenvalue weighted by Crippen LogP contribution is 2.29. The number of ether oxygens (including phenoxy) is 2. The molecule has 0 bridgehead atoms. The van der Waals surface area contributed by atoms with Crippen LogP contribution >= 0.6 is 11.3 Å². The van der Waals surface area contributed by atoms with Gasteiger partial charge in [0.1, 0.15) is 12.4 Å². The molecule has 0 amide bonds. The summed E-state index contributed by atoms with van der Waals surface area (Å²) in [7, 11) is 1.65. The summed E-state index contributed by atoms with van der Waals surface area (Å²) in [6, 6.07) is 7.60. The van der Waals surface area contributed by atoms with Crippen molar-refractivity contribution in [2.45, 2.75) is 6.04 Å². The summed E-state index contributed by atoms with van der Waals surface area (Å²) in [5, 5.41) is 0. The molecule has 5 heteroatoms. The Morgan fingerprint density at radius 2 is 2.17 bits per heavy atom. The second-order valence-electron chi connectivity index (χ2n) is 3.76. The Kier molecular flexibility index (Phi) is 4.69. The third-order valence-electron chi connectivity index (χ3n) is 2.56. The van der Waals surface area contributed by atoms with Crippen molar-refractivity contribution < 1.29 is 9.47 Å². The molecule has 18 heavy (non-hydrogen) atoms. The number of hydrogen-bond donors (Lipinski definition) is 1. The Morgan fingerprint density at radius 1 is 1.33 bits per heavy atom. The van der Waals surface area contributed by atoms with E-state index in [4.69, 9.17) is 15.2 Å². The summed E-state index contributed by atoms with van der Waals surface area (Å²) in [5.41, 5.74) is 8.98. The van der Waals surface area contributed by atoms with E-state index in [1.165, 1.54) is 0 Å². The number of nitrogens with two attached hydrogens (primary N) is 1. The summed E-state index contributed by atoms with van der Waals surface area (Å²) in [5.74, 6) is 0.801. The summed E-state index contributed by atoms with van der Waals surface area (Å²) in [6.45, 7) is 1.08. The van der Waals surface area contributed by atoms with E-state index in [0.29, 0.717) is 13.2 Å². The molecule has 2 rings (SSSR count). The molecule has 0 radical (unpaired) electrons. The predicted molar refractivity (Wildman–Crippen MR) is 72.0 cm³/mol. The van der Waals surface area contributed by atoms with Crippen LogP contribution in [0, 0.1) is 0 Å². The zero-order chi connectivity index (χ0) is 12.8. The summed E-state index contributed by atoms with van der Waals surface area (Å²) in [4.78, 5) is 5.08. The molecular formula is C13H16N2O2S. The van der Waals surface area contributed by atoms with Gasteiger partial charge in [0.05, 0.1) is 18.2 Å². The number of aromatic nitrogens is 1. The maximum absolute atomic E-state index is 6.22. The van der Waals surface area contributed by atoms with Crippen LogP contribution in [0.4, 0.5) is 0 Å². The predicted octanol–water partition coefficient (Wildman–Crippen LogP) is 2.22. The van der Waals surface area contributed by atoms with Crippen molar-refractivity contribution in [1.82, 2.24) is 4.98 Å². The summed E-state index contributed by atoms with van der Waals surface area (Å²) >= 11 is 1.55. The van der Waals surface area contributed by atoms with Crippen LogP contribution < -0.4 is 10.5 Å². The monoisotopic (exact) mass is 264 g/mol. The standard InChI is InChI=1S/C13H16N2O2S/c1-16-6-7-17-11-5-3-2-4-10(11)13(14)12-8-15-9-18-12/h2-5,8-9,13H,6-7,14H2,1H3. The van der Waals surface area contributed by atoms with Gasteiger partial charge < -0.3 is 15.2 Å². The Morgan fingerprint density at radius 3 is 2.89 bits per heavy atom. The van der Waals surface area contributed by atoms with Crippen molar-refractivity contribution in [3.63, 3.8) is 0 Å². The molecule has 1 unspecified atom stereocenters. The van der Waals surface area contributed by atoms with Gasteiger partial charge in [-0.2, -0.15) is 0 Å². The molecule has 2 aromatic rings. The van der Waals surface area contributed by atoms with Crippen molar-refractivity contribution in [2.24, 2.45) is 5.73 Å². The van der Waals surface area contributed by atoms with Gasteiger partial charge in [-0.15, -0.1) is 11.3 Å². The smallest absolute Gasteiger partial charge is 0.124 e. The summed E-state index contributed by atoms with van der Waals surface area (Å²) < 4.78 is 10.6. The molecule has 2 N–H and O–H groups in total. The fourth-order valence-electron chi connectivity index (χ4n) is 1.64. The van der Waals surface area contributed by atoms with E-state index in [-0.39, 0.29) is 6.04 Å². The van der Waals surface area contributed by atoms with Crippen molar-refractivity contribution in [1.29, 1.82) is 0 Å². The zero-order valence-electron chi connectivity index (χ0n) is 10.2. The molecular weight excluding hydrogens is 248 g/mol. The number of para-hydroxylation sites is 1. The minimum atomic E-state index is -0.198. The number of rotatable bonds is 6. The van der Waals surface area contributed by atoms with Gasteiger partial charge in [0.15, 0.2) is 0 Å². The average Bonchev–Trinajstić information content (AvgIpc) is 2.93. The van der Waals surface area contributed by atoms with E-state index < -0.39 is 0 Å². The van der Waals surface area contributed by atoms with Crippen LogP contribution in [-0.4, -0.2) is 25.3 Å². The molecule has 1 atom stereocenters. The first-order valence-corrected chi connectivity index (χ1v) is 6.55. The van der Waals surface area contributed by atoms with Gasteiger partial charge >= 0.3 is 0 Å². The number of benzene rings is 1. The molecule has 0 saturated carbocycles. The maximum Gasteiger partial charge on any atom is 0.124 e. The second kappa shape index (κ2) is 6.49. The topological polar surface area (TPSA) is 57.4 Å². The van der Waals surface area contributed by atoms with E-state index in [9.17, 15) is 0 Å². The lowest BCUT2D eigenvalue weighted by molar-refractivity contribution is 0.145. The van der Waals surface area contributed by atoms with Crippen molar-refractivity contribution >= 4 is 11.3 Å². The zero-order valence-corrected chi connectivity index (χ0v) is 11.0. The average molecular weight is 264 g/mol. The molecule has 0 saturated heterocycles. The van der Waals surface area contributed by atoms with E-state index in [2.05, 4.69) is 4.98 Å². The Bertz CT molecular complexity index is 474. The van der Waals surface area contributed by atoms with Crippen LogP contribution in [0.3, 0.4) is 0 Å². The first-order valence-electron chi connectivity index (χ1n) is 5.67. The van der Waals surface area contributed by atoms with E-state index >= 15 is 0 Å². The normalized spacial score (nSPS) is 12.3. The van der Waals surface area contributed by atoms with Gasteiger partial charge in [0.2, 0.25) is 0 Å². The number of nitrogens with zero attached hydrogens (tertiary/aromatic N) is 1. The van der Waals surface area contributed by atoms with Gasteiger partial charge in [-0.05, 0) is 6.07 Å². The van der Waals surface area contributed by atoms with E-state index in [0.717, 1.165) is 16.2 Å². The SMILES string of the molecule is COCCOc1ccccc1C(N)c1cncs1. The first-order chi connectivity index (χ1) is 8.83. The third kappa shape index (κ3) is 3.07. The molecule has 1 heterocycles. The highest BCUT2D eigenvalue weighted by Gasteiger charge is 2.15. The van der Waals surface area contributed by atoms with Crippen LogP contribution in [-0.2, 0) is 4.74 Å². The highest BCUT2D eigenvalue weighted by molar-refractivity contribution is 7.09. The van der Waals surface area contributed by atoms with E-state index in [1.54, 1.807) is 30.2 Å². The molecule has 0 fully saturated rings. The molecule has 96 valence electrons. The van der Waals surface area contributed by atoms with Gasteiger partial charge in [-0.1, -0.05) is 18.2 Å². The van der Waals surface area contributed by atoms with Crippen LogP contribution in [0.25, 0.3) is 0 Å². The van der Waals surface area contributed by atoms with Crippen LogP contribution in [0.5, 0.6) is 5.75 Å². The number of thiazole rings is 1. The number of methoxy groups -OCH3 is 1. The minimum absolute atomic E-state index is 0.198. The Hall–Kier alpha value is -1.43. The lowest BCUT2D eigenvalue weighted by Crippen LogP contribution is -2.13. The lowest BCUT2D eigenvalue weighted by Gasteiger charge is -2.15. The van der Waals surface area contributed by atoms with Gasteiger partial charge in [-0.3, -0.25) is 4.98 Å². The van der Waals surface area contributed by atoms with Gasteiger partial charge in [0, 0.05) is 23.7 Å². The third-order valence-corrected chi connectivity index (χ3v) is 3.42. The first kappa shape index (κ1) is 13.0. The summed E-state index contributed by atoms with van der Waals surface area (Å²) in [6.07, 6.45) is 1.79. The molecule has 0 aliphatic carbocycles. The van der Waals surface area contributed by atoms with Crippen LogP contribution in [0.2, 0.25) is 0 Å². The molecule has 1 aromatic heterocycles. The van der Waals surface area contributed by atoms with Crippen molar-refractivity contribution in [3.05, 3.63) is 46.4 Å². The maximum atomic E-state index is 6.22. The molecule has 0 aliphatic rings. The quantitative estimate of drug-likeness (QED) is 0.813. The Balaban J connectivity index is 2.16. The molecule has 0 aliphatic heterocycles. The highest BCUT2D eigenvalue weighted by atomic mass is 32.1. The largest absolute Gasteiger partial charge is 0.491 e. The molecule has 4 nitrogen and oxygen atoms in total. The second-order valence-corrected chi connectivity index (χ2v) is 4.68. The van der Waals surface area contributed by atoms with Crippen LogP contribution in [0.1, 0.15) is 16.5 Å². The van der Waals surface area contributed by atoms with Crippen molar-refractivity contribution in [3.8, 4) is 5.75 Å².